The van der Waals surface area contributed by atoms with Gasteiger partial charge in [-0.15, -0.1) is 0 Å². The normalized spacial score (nSPS) is 10.9. The number of nitriles is 1. The molecule has 0 bridgehead atoms. The van der Waals surface area contributed by atoms with Crippen LogP contribution in [-0.2, 0) is 4.79 Å². The van der Waals surface area contributed by atoms with Gasteiger partial charge in [-0.3, -0.25) is 4.79 Å². The summed E-state index contributed by atoms with van der Waals surface area (Å²) in [7, 11) is 0. The van der Waals surface area contributed by atoms with Gasteiger partial charge in [0.15, 0.2) is 5.82 Å². The van der Waals surface area contributed by atoms with Crippen LogP contribution >= 0.6 is 11.6 Å². The lowest BCUT2D eigenvalue weighted by Gasteiger charge is -2.09. The van der Waals surface area contributed by atoms with Crippen molar-refractivity contribution in [2.75, 3.05) is 18.5 Å². The number of benzene rings is 2. The van der Waals surface area contributed by atoms with Crippen LogP contribution in [0.25, 0.3) is 6.08 Å². The number of aromatic nitrogens is 1. The van der Waals surface area contributed by atoms with E-state index in [1.54, 1.807) is 43.3 Å². The van der Waals surface area contributed by atoms with Crippen molar-refractivity contribution in [2.24, 2.45) is 0 Å². The van der Waals surface area contributed by atoms with Gasteiger partial charge in [0.05, 0.1) is 18.2 Å². The molecule has 0 spiro atoms. The third kappa shape index (κ3) is 6.63. The van der Waals surface area contributed by atoms with Crippen molar-refractivity contribution in [3.05, 3.63) is 76.5 Å². The Labute approximate surface area is 184 Å². The van der Waals surface area contributed by atoms with E-state index >= 15 is 0 Å². The van der Waals surface area contributed by atoms with E-state index < -0.39 is 5.91 Å². The molecule has 1 N–H and O–H groups in total. The number of hydrogen-bond acceptors (Lipinski definition) is 6. The Hall–Kier alpha value is -3.76. The minimum absolute atomic E-state index is 0.0500. The topological polar surface area (TPSA) is 97.4 Å². The van der Waals surface area contributed by atoms with Gasteiger partial charge in [-0.1, -0.05) is 41.0 Å². The lowest BCUT2D eigenvalue weighted by Crippen LogP contribution is -2.13. The largest absolute Gasteiger partial charge is 0.493 e. The molecule has 158 valence electrons. The van der Waals surface area contributed by atoms with Crippen LogP contribution in [-0.4, -0.2) is 24.3 Å². The molecule has 0 radical (unpaired) electrons. The van der Waals surface area contributed by atoms with Crippen molar-refractivity contribution in [2.45, 2.75) is 13.3 Å². The second-order valence-corrected chi connectivity index (χ2v) is 6.90. The molecule has 0 fully saturated rings. The SMILES string of the molecule is Cc1cc(NC(=O)/C(C#N)=C\c2ccc(OCCCOc3ccccc3Cl)cc2)no1. The van der Waals surface area contributed by atoms with E-state index in [1.165, 1.54) is 6.08 Å². The van der Waals surface area contributed by atoms with Crippen molar-refractivity contribution in [3.8, 4) is 17.6 Å². The summed E-state index contributed by atoms with van der Waals surface area (Å²) in [5.41, 5.74) is 0.642. The van der Waals surface area contributed by atoms with Gasteiger partial charge in [0.1, 0.15) is 28.9 Å². The first-order valence-electron chi connectivity index (χ1n) is 9.52. The Morgan fingerprint density at radius 3 is 2.61 bits per heavy atom. The molecule has 8 heteroatoms. The highest BCUT2D eigenvalue weighted by Gasteiger charge is 2.11. The van der Waals surface area contributed by atoms with Gasteiger partial charge in [-0.05, 0) is 42.8 Å². The molecule has 0 saturated heterocycles. The number of carbonyl (C=O) groups excluding carboxylic acids is 1. The smallest absolute Gasteiger partial charge is 0.267 e. The van der Waals surface area contributed by atoms with Gasteiger partial charge in [-0.2, -0.15) is 5.26 Å². The molecule has 3 aromatic rings. The van der Waals surface area contributed by atoms with Crippen molar-refractivity contribution >= 4 is 29.4 Å². The molecule has 31 heavy (non-hydrogen) atoms. The maximum Gasteiger partial charge on any atom is 0.267 e. The van der Waals surface area contributed by atoms with E-state index in [1.807, 2.05) is 24.3 Å². The molecule has 0 aliphatic heterocycles. The van der Waals surface area contributed by atoms with E-state index in [0.29, 0.717) is 47.5 Å². The monoisotopic (exact) mass is 437 g/mol. The fourth-order valence-corrected chi connectivity index (χ4v) is 2.77. The molecule has 0 saturated carbocycles. The van der Waals surface area contributed by atoms with Crippen LogP contribution in [0.3, 0.4) is 0 Å². The van der Waals surface area contributed by atoms with Crippen LogP contribution in [0.5, 0.6) is 11.5 Å². The van der Waals surface area contributed by atoms with E-state index in [9.17, 15) is 10.1 Å². The average molecular weight is 438 g/mol. The first kappa shape index (κ1) is 21.9. The number of hydrogen-bond donors (Lipinski definition) is 1. The molecule has 1 aromatic heterocycles. The molecule has 7 nitrogen and oxygen atoms in total. The highest BCUT2D eigenvalue weighted by molar-refractivity contribution is 6.32. The number of carbonyl (C=O) groups is 1. The standard InChI is InChI=1S/C23H20ClN3O4/c1-16-13-22(27-31-16)26-23(28)18(15-25)14-17-7-9-19(10-8-17)29-11-4-12-30-21-6-3-2-5-20(21)24/h2-3,5-10,13-14H,4,11-12H2,1H3,(H,26,27,28)/b18-14-. The summed E-state index contributed by atoms with van der Waals surface area (Å²) >= 11 is 6.04. The minimum atomic E-state index is -0.561. The van der Waals surface area contributed by atoms with E-state index in [2.05, 4.69) is 10.5 Å². The molecule has 0 aliphatic rings. The zero-order chi connectivity index (χ0) is 22.1. The first-order valence-corrected chi connectivity index (χ1v) is 9.89. The van der Waals surface area contributed by atoms with Crippen LogP contribution < -0.4 is 14.8 Å². The number of aryl methyl sites for hydroxylation is 1. The Balaban J connectivity index is 1.47. The number of nitrogens with one attached hydrogen (secondary N) is 1. The molecular weight excluding hydrogens is 418 g/mol. The molecule has 1 heterocycles. The van der Waals surface area contributed by atoms with Gasteiger partial charge >= 0.3 is 0 Å². The maximum absolute atomic E-state index is 12.2. The molecule has 0 atom stereocenters. The zero-order valence-corrected chi connectivity index (χ0v) is 17.6. The van der Waals surface area contributed by atoms with Crippen LogP contribution in [0.4, 0.5) is 5.82 Å². The van der Waals surface area contributed by atoms with Gasteiger partial charge < -0.3 is 19.3 Å². The van der Waals surface area contributed by atoms with Crippen molar-refractivity contribution < 1.29 is 18.8 Å². The predicted molar refractivity (Wildman–Crippen MR) is 117 cm³/mol. The van der Waals surface area contributed by atoms with Gasteiger partial charge in [-0.25, -0.2) is 0 Å². The average Bonchev–Trinajstić information content (AvgIpc) is 3.18. The number of anilines is 1. The lowest BCUT2D eigenvalue weighted by molar-refractivity contribution is -0.112. The van der Waals surface area contributed by atoms with Gasteiger partial charge in [0.25, 0.3) is 5.91 Å². The Kier molecular flexibility index (Phi) is 7.68. The molecule has 0 unspecified atom stereocenters. The van der Waals surface area contributed by atoms with Crippen molar-refractivity contribution in [1.29, 1.82) is 5.26 Å². The Morgan fingerprint density at radius 1 is 1.19 bits per heavy atom. The van der Waals surface area contributed by atoms with Crippen molar-refractivity contribution in [1.82, 2.24) is 5.16 Å². The van der Waals surface area contributed by atoms with Crippen LogP contribution in [0.15, 0.2) is 64.7 Å². The fourth-order valence-electron chi connectivity index (χ4n) is 2.58. The first-order chi connectivity index (χ1) is 15.0. The number of halogens is 1. The van der Waals surface area contributed by atoms with Gasteiger partial charge in [0.2, 0.25) is 0 Å². The fraction of sp³-hybridized carbons (Fsp3) is 0.174. The zero-order valence-electron chi connectivity index (χ0n) is 16.8. The second kappa shape index (κ2) is 10.9. The Morgan fingerprint density at radius 2 is 1.94 bits per heavy atom. The molecule has 3 rings (SSSR count). The summed E-state index contributed by atoms with van der Waals surface area (Å²) < 4.78 is 16.2. The maximum atomic E-state index is 12.2. The summed E-state index contributed by atoms with van der Waals surface area (Å²) in [6.45, 7) is 2.66. The summed E-state index contributed by atoms with van der Waals surface area (Å²) in [5.74, 6) is 1.58. The molecule has 2 aromatic carbocycles. The van der Waals surface area contributed by atoms with Crippen LogP contribution in [0.1, 0.15) is 17.7 Å². The summed E-state index contributed by atoms with van der Waals surface area (Å²) in [5, 5.41) is 16.1. The quantitative estimate of drug-likeness (QED) is 0.286. The van der Waals surface area contributed by atoms with Crippen LogP contribution in [0.2, 0.25) is 5.02 Å². The van der Waals surface area contributed by atoms with E-state index in [-0.39, 0.29) is 11.4 Å². The summed E-state index contributed by atoms with van der Waals surface area (Å²) in [4.78, 5) is 12.2. The number of nitrogens with zero attached hydrogens (tertiary/aromatic N) is 2. The van der Waals surface area contributed by atoms with E-state index in [0.717, 1.165) is 0 Å². The van der Waals surface area contributed by atoms with Gasteiger partial charge in [0, 0.05) is 12.5 Å². The summed E-state index contributed by atoms with van der Waals surface area (Å²) in [6.07, 6.45) is 2.18. The molecule has 1 amide bonds. The molecular formula is C23H20ClN3O4. The third-order valence-electron chi connectivity index (χ3n) is 4.08. The van der Waals surface area contributed by atoms with Crippen molar-refractivity contribution in [3.63, 3.8) is 0 Å². The molecule has 0 aliphatic carbocycles. The predicted octanol–water partition coefficient (Wildman–Crippen LogP) is 5.03. The number of amides is 1. The summed E-state index contributed by atoms with van der Waals surface area (Å²) in [6, 6.07) is 17.8. The van der Waals surface area contributed by atoms with Crippen LogP contribution in [0, 0.1) is 18.3 Å². The lowest BCUT2D eigenvalue weighted by atomic mass is 10.1. The second-order valence-electron chi connectivity index (χ2n) is 6.50. The third-order valence-corrected chi connectivity index (χ3v) is 4.39. The van der Waals surface area contributed by atoms with E-state index in [4.69, 9.17) is 25.6 Å². The number of para-hydroxylation sites is 1. The number of ether oxygens (including phenoxy) is 2. The number of rotatable bonds is 9. The highest BCUT2D eigenvalue weighted by atomic mass is 35.5. The minimum Gasteiger partial charge on any atom is -0.493 e. The Bertz CT molecular complexity index is 1100. The highest BCUT2D eigenvalue weighted by Crippen LogP contribution is 2.23.